The van der Waals surface area contributed by atoms with E-state index < -0.39 is 0 Å². The zero-order valence-corrected chi connectivity index (χ0v) is 14.3. The molecule has 2 rings (SSSR count). The molecular formula is C20H31N2+. The van der Waals surface area contributed by atoms with Crippen LogP contribution in [0.15, 0.2) is 42.7 Å². The summed E-state index contributed by atoms with van der Waals surface area (Å²) >= 11 is 0. The van der Waals surface area contributed by atoms with Crippen molar-refractivity contribution in [2.24, 2.45) is 0 Å². The number of aromatic nitrogens is 2. The summed E-state index contributed by atoms with van der Waals surface area (Å²) in [5.74, 6) is 1.49. The van der Waals surface area contributed by atoms with Gasteiger partial charge in [0.05, 0.1) is 6.54 Å². The lowest BCUT2D eigenvalue weighted by molar-refractivity contribution is -0.703. The Hall–Kier alpha value is -1.57. The normalized spacial score (nSPS) is 11.0. The van der Waals surface area contributed by atoms with Crippen molar-refractivity contribution in [1.29, 1.82) is 0 Å². The summed E-state index contributed by atoms with van der Waals surface area (Å²) in [7, 11) is 0. The summed E-state index contributed by atoms with van der Waals surface area (Å²) in [5, 5.41) is 0. The van der Waals surface area contributed by atoms with E-state index in [1.165, 1.54) is 56.3 Å². The van der Waals surface area contributed by atoms with Crippen LogP contribution in [0.25, 0.3) is 0 Å². The Balaban J connectivity index is 2.02. The molecule has 1 aromatic carbocycles. The van der Waals surface area contributed by atoms with E-state index in [4.69, 9.17) is 0 Å². The number of benzene rings is 1. The van der Waals surface area contributed by atoms with Crippen LogP contribution < -0.4 is 4.57 Å². The van der Waals surface area contributed by atoms with Crippen LogP contribution >= 0.6 is 0 Å². The van der Waals surface area contributed by atoms with Crippen LogP contribution in [-0.4, -0.2) is 4.57 Å². The molecule has 0 N–H and O–H groups in total. The minimum Gasteiger partial charge on any atom is -0.234 e. The maximum Gasteiger partial charge on any atom is 0.256 e. The summed E-state index contributed by atoms with van der Waals surface area (Å²) in [6.07, 6.45) is 13.6. The number of unbranched alkanes of at least 4 members (excludes halogenated alkanes) is 4. The van der Waals surface area contributed by atoms with Crippen LogP contribution in [0.3, 0.4) is 0 Å². The third kappa shape index (κ3) is 5.01. The molecule has 0 bridgehead atoms. The number of hydrogen-bond acceptors (Lipinski definition) is 0. The van der Waals surface area contributed by atoms with Gasteiger partial charge in [0.2, 0.25) is 0 Å². The molecule has 0 atom stereocenters. The summed E-state index contributed by atoms with van der Waals surface area (Å²) in [6.45, 7) is 6.65. The number of nitrogens with zero attached hydrogens (tertiary/aromatic N) is 2. The van der Waals surface area contributed by atoms with Gasteiger partial charge in [0.1, 0.15) is 18.9 Å². The van der Waals surface area contributed by atoms with Gasteiger partial charge >= 0.3 is 0 Å². The molecule has 0 aliphatic carbocycles. The fourth-order valence-electron chi connectivity index (χ4n) is 3.04. The minimum atomic E-state index is 0.988. The van der Waals surface area contributed by atoms with Gasteiger partial charge in [-0.25, -0.2) is 9.13 Å². The van der Waals surface area contributed by atoms with Crippen LogP contribution in [0.2, 0.25) is 0 Å². The van der Waals surface area contributed by atoms with E-state index in [-0.39, 0.29) is 0 Å². The van der Waals surface area contributed by atoms with Crippen molar-refractivity contribution < 1.29 is 4.57 Å². The van der Waals surface area contributed by atoms with Crippen molar-refractivity contribution in [3.8, 4) is 0 Å². The molecule has 1 aromatic heterocycles. The fourth-order valence-corrected chi connectivity index (χ4v) is 3.04. The van der Waals surface area contributed by atoms with E-state index in [1.54, 1.807) is 0 Å². The minimum absolute atomic E-state index is 0.988. The smallest absolute Gasteiger partial charge is 0.234 e. The highest BCUT2D eigenvalue weighted by Gasteiger charge is 2.16. The largest absolute Gasteiger partial charge is 0.256 e. The first-order valence-electron chi connectivity index (χ1n) is 8.96. The predicted octanol–water partition coefficient (Wildman–Crippen LogP) is 4.75. The highest BCUT2D eigenvalue weighted by Crippen LogP contribution is 2.10. The lowest BCUT2D eigenvalue weighted by Gasteiger charge is -2.05. The van der Waals surface area contributed by atoms with Gasteiger partial charge < -0.3 is 0 Å². The second-order valence-electron chi connectivity index (χ2n) is 6.19. The monoisotopic (exact) mass is 299 g/mol. The van der Waals surface area contributed by atoms with E-state index in [0.29, 0.717) is 0 Å². The van der Waals surface area contributed by atoms with Crippen molar-refractivity contribution in [2.45, 2.75) is 71.9 Å². The lowest BCUT2D eigenvalue weighted by Crippen LogP contribution is -2.37. The summed E-state index contributed by atoms with van der Waals surface area (Å²) in [5.41, 5.74) is 1.38. The van der Waals surface area contributed by atoms with Crippen LogP contribution in [0.1, 0.15) is 63.8 Å². The van der Waals surface area contributed by atoms with Gasteiger partial charge in [0.15, 0.2) is 0 Å². The molecule has 0 unspecified atom stereocenters. The molecule has 120 valence electrons. The zero-order valence-electron chi connectivity index (χ0n) is 14.3. The number of imidazole rings is 1. The molecule has 0 saturated carbocycles. The van der Waals surface area contributed by atoms with Gasteiger partial charge in [-0.1, -0.05) is 69.9 Å². The van der Waals surface area contributed by atoms with Gasteiger partial charge in [0.25, 0.3) is 5.82 Å². The first-order chi connectivity index (χ1) is 10.8. The van der Waals surface area contributed by atoms with Crippen molar-refractivity contribution in [1.82, 2.24) is 4.57 Å². The SMILES string of the molecule is CCCCCCCc1n(Cc2ccccc2)cc[n+]1CCC. The molecule has 0 amide bonds. The van der Waals surface area contributed by atoms with E-state index in [2.05, 4.69) is 65.7 Å². The van der Waals surface area contributed by atoms with E-state index in [0.717, 1.165) is 13.1 Å². The molecule has 0 saturated heterocycles. The molecule has 0 aliphatic rings. The molecule has 0 spiro atoms. The average molecular weight is 299 g/mol. The van der Waals surface area contributed by atoms with Gasteiger partial charge in [-0.3, -0.25) is 0 Å². The van der Waals surface area contributed by atoms with Crippen LogP contribution in [0.5, 0.6) is 0 Å². The van der Waals surface area contributed by atoms with Crippen molar-refractivity contribution in [3.63, 3.8) is 0 Å². The Kier molecular flexibility index (Phi) is 7.21. The molecule has 0 radical (unpaired) electrons. The van der Waals surface area contributed by atoms with Crippen LogP contribution in [0.4, 0.5) is 0 Å². The van der Waals surface area contributed by atoms with Crippen molar-refractivity contribution in [3.05, 3.63) is 54.1 Å². The van der Waals surface area contributed by atoms with Gasteiger partial charge in [-0.05, 0) is 18.4 Å². The first-order valence-corrected chi connectivity index (χ1v) is 8.96. The van der Waals surface area contributed by atoms with Crippen LogP contribution in [0, 0.1) is 0 Å². The van der Waals surface area contributed by atoms with Gasteiger partial charge in [0, 0.05) is 6.42 Å². The third-order valence-electron chi connectivity index (χ3n) is 4.25. The van der Waals surface area contributed by atoms with Crippen molar-refractivity contribution in [2.75, 3.05) is 0 Å². The first kappa shape index (κ1) is 16.8. The molecule has 2 heteroatoms. The van der Waals surface area contributed by atoms with Crippen molar-refractivity contribution >= 4 is 0 Å². The highest BCUT2D eigenvalue weighted by molar-refractivity contribution is 5.15. The summed E-state index contributed by atoms with van der Waals surface area (Å²) < 4.78 is 4.88. The Bertz CT molecular complexity index is 528. The number of hydrogen-bond donors (Lipinski definition) is 0. The Labute approximate surface area is 135 Å². The Morgan fingerprint density at radius 3 is 2.41 bits per heavy atom. The quantitative estimate of drug-likeness (QED) is 0.442. The zero-order chi connectivity index (χ0) is 15.6. The molecule has 0 fully saturated rings. The predicted molar refractivity (Wildman–Crippen MR) is 92.9 cm³/mol. The average Bonchev–Trinajstić information content (AvgIpc) is 2.91. The number of rotatable bonds is 10. The topological polar surface area (TPSA) is 8.81 Å². The van der Waals surface area contributed by atoms with E-state index >= 15 is 0 Å². The third-order valence-corrected chi connectivity index (χ3v) is 4.25. The highest BCUT2D eigenvalue weighted by atomic mass is 15.1. The maximum absolute atomic E-state index is 2.45. The molecule has 22 heavy (non-hydrogen) atoms. The fraction of sp³-hybridized carbons (Fsp3) is 0.550. The molecule has 2 nitrogen and oxygen atoms in total. The summed E-state index contributed by atoms with van der Waals surface area (Å²) in [4.78, 5) is 0. The van der Waals surface area contributed by atoms with Crippen LogP contribution in [-0.2, 0) is 19.5 Å². The van der Waals surface area contributed by atoms with E-state index in [1.807, 2.05) is 0 Å². The molecule has 1 heterocycles. The summed E-state index contributed by atoms with van der Waals surface area (Å²) in [6, 6.07) is 10.8. The van der Waals surface area contributed by atoms with E-state index in [9.17, 15) is 0 Å². The molecular weight excluding hydrogens is 268 g/mol. The second kappa shape index (κ2) is 9.45. The maximum atomic E-state index is 2.45. The molecule has 0 aliphatic heterocycles. The standard InChI is InChI=1S/C20H31N2/c1-3-5-6-7-11-14-20-21(15-4-2)16-17-22(20)18-19-12-9-8-10-13-19/h8-10,12-13,16-17H,3-7,11,14-15,18H2,1-2H3/q+1. The number of aryl methyl sites for hydroxylation is 1. The second-order valence-corrected chi connectivity index (χ2v) is 6.19. The van der Waals surface area contributed by atoms with Gasteiger partial charge in [-0.15, -0.1) is 0 Å². The Morgan fingerprint density at radius 1 is 0.909 bits per heavy atom. The van der Waals surface area contributed by atoms with Gasteiger partial charge in [-0.2, -0.15) is 0 Å². The lowest BCUT2D eigenvalue weighted by atomic mass is 10.1. The molecule has 2 aromatic rings. The Morgan fingerprint density at radius 2 is 1.68 bits per heavy atom.